The number of ether oxygens (including phenoxy) is 3. The van der Waals surface area contributed by atoms with Crippen LogP contribution in [0.1, 0.15) is 154 Å². The average Bonchev–Trinajstić information content (AvgIpc) is 3.97. The van der Waals surface area contributed by atoms with Gasteiger partial charge in [0.15, 0.2) is 6.10 Å². The van der Waals surface area contributed by atoms with Crippen LogP contribution in [0.25, 0.3) is 0 Å². The number of hydrazone groups is 1. The van der Waals surface area contributed by atoms with Gasteiger partial charge in [0.05, 0.1) is 39.5 Å². The number of likely N-dealkylation sites (N-methyl/N-ethyl adjacent to an activating group) is 1. The van der Waals surface area contributed by atoms with Gasteiger partial charge >= 0.3 is 25.9 Å². The number of quaternary nitrogens is 1. The summed E-state index contributed by atoms with van der Waals surface area (Å²) in [6.45, 7) is 4.32. The highest BCUT2D eigenvalue weighted by Gasteiger charge is 2.49. The molecule has 58 heavy (non-hydrogen) atoms. The normalized spacial score (nSPS) is 15.1. The van der Waals surface area contributed by atoms with Crippen molar-refractivity contribution in [3.05, 3.63) is 29.8 Å². The van der Waals surface area contributed by atoms with E-state index in [0.29, 0.717) is 36.2 Å². The lowest BCUT2D eigenvalue weighted by molar-refractivity contribution is -0.870. The summed E-state index contributed by atoms with van der Waals surface area (Å²) in [5, 5.41) is 4.24. The minimum absolute atomic E-state index is 0.0123. The van der Waals surface area contributed by atoms with E-state index in [1.807, 2.05) is 28.1 Å². The number of carbonyl (C=O) groups excluding carboxylic acids is 2. The van der Waals surface area contributed by atoms with Gasteiger partial charge in [0.25, 0.3) is 5.84 Å². The van der Waals surface area contributed by atoms with Crippen LogP contribution in [0.3, 0.4) is 0 Å². The lowest BCUT2D eigenvalue weighted by Crippen LogP contribution is -2.37. The standard InChI is InChI=1S/C42H71F3N3O9P/c1-6-7-8-9-10-11-12-13-14-15-16-18-21-24-39(49)54-33-38(34-56-58(51,52)55-32-30-48(3,4)5)57-40(50)25-22-19-17-20-23-31-53-35(2)36-26-28-37(29-27-36)47-41(46-47)42(43,44)45/h26-29,35,38H,6-25,30-34H2,1-5H3/p+1. The van der Waals surface area contributed by atoms with Crippen molar-refractivity contribution in [1.29, 1.82) is 0 Å². The minimum Gasteiger partial charge on any atom is -0.462 e. The van der Waals surface area contributed by atoms with Gasteiger partial charge in [-0.2, -0.15) is 13.2 Å². The van der Waals surface area contributed by atoms with E-state index in [1.54, 1.807) is 24.3 Å². The molecule has 3 atom stereocenters. The van der Waals surface area contributed by atoms with Crippen LogP contribution in [-0.4, -0.2) is 93.5 Å². The number of nitrogens with zero attached hydrogens (tertiary/aromatic N) is 3. The fourth-order valence-corrected chi connectivity index (χ4v) is 6.87. The van der Waals surface area contributed by atoms with Crippen molar-refractivity contribution in [1.82, 2.24) is 0 Å². The number of hydrogen-bond acceptors (Lipinski definition) is 10. The van der Waals surface area contributed by atoms with Crippen LogP contribution in [0.2, 0.25) is 0 Å². The maximum Gasteiger partial charge on any atom is 0.472 e. The van der Waals surface area contributed by atoms with Gasteiger partial charge in [-0.05, 0) is 43.9 Å². The molecule has 0 amide bonds. The third-order valence-corrected chi connectivity index (χ3v) is 10.7. The van der Waals surface area contributed by atoms with Gasteiger partial charge in [-0.25, -0.2) is 9.57 Å². The third-order valence-electron chi connectivity index (χ3n) is 9.76. The number of rotatable bonds is 35. The average molecular weight is 851 g/mol. The van der Waals surface area contributed by atoms with Crippen LogP contribution >= 0.6 is 7.82 Å². The van der Waals surface area contributed by atoms with Gasteiger partial charge in [0, 0.05) is 19.4 Å². The molecule has 0 aromatic heterocycles. The Labute approximate surface area is 345 Å². The molecule has 3 unspecified atom stereocenters. The van der Waals surface area contributed by atoms with E-state index in [-0.39, 0.29) is 32.2 Å². The van der Waals surface area contributed by atoms with Crippen molar-refractivity contribution >= 4 is 31.3 Å². The number of halogens is 3. The molecule has 0 aliphatic carbocycles. The van der Waals surface area contributed by atoms with Crippen molar-refractivity contribution in [2.24, 2.45) is 5.10 Å². The van der Waals surface area contributed by atoms with Crippen LogP contribution in [0.4, 0.5) is 18.9 Å². The molecule has 1 aromatic carbocycles. The molecule has 1 heterocycles. The molecule has 0 saturated carbocycles. The van der Waals surface area contributed by atoms with Crippen molar-refractivity contribution < 1.29 is 60.0 Å². The number of phosphoric ester groups is 1. The van der Waals surface area contributed by atoms with E-state index >= 15 is 0 Å². The number of unbranched alkanes of at least 4 members (excludes halogenated alkanes) is 16. The zero-order valence-electron chi connectivity index (χ0n) is 35.8. The third kappa shape index (κ3) is 25.2. The quantitative estimate of drug-likeness (QED) is 0.0305. The first-order chi connectivity index (χ1) is 27.5. The number of anilines is 1. The topological polar surface area (TPSA) is 133 Å². The van der Waals surface area contributed by atoms with Crippen molar-refractivity contribution in [2.75, 3.05) is 59.1 Å². The van der Waals surface area contributed by atoms with Crippen LogP contribution < -0.4 is 5.01 Å². The number of carbonyl (C=O) groups is 2. The van der Waals surface area contributed by atoms with Crippen molar-refractivity contribution in [3.63, 3.8) is 0 Å². The first-order valence-electron chi connectivity index (χ1n) is 21.5. The number of benzene rings is 1. The molecule has 1 aliphatic heterocycles. The fraction of sp³-hybridized carbons (Fsp3) is 0.786. The highest BCUT2D eigenvalue weighted by Crippen LogP contribution is 2.43. The summed E-state index contributed by atoms with van der Waals surface area (Å²) in [6.07, 6.45) is 14.0. The Hall–Kier alpha value is -2.55. The maximum absolute atomic E-state index is 12.7. The summed E-state index contributed by atoms with van der Waals surface area (Å²) in [7, 11) is 1.32. The minimum atomic E-state index is -4.46. The zero-order chi connectivity index (χ0) is 42.9. The fourth-order valence-electron chi connectivity index (χ4n) is 6.12. The molecular formula is C42H72F3N3O9P+. The Morgan fingerprint density at radius 3 is 1.79 bits per heavy atom. The summed E-state index contributed by atoms with van der Waals surface area (Å²) < 4.78 is 78.3. The molecule has 12 nitrogen and oxygen atoms in total. The molecule has 1 aliphatic rings. The molecule has 1 aromatic rings. The number of hydrogen-bond donors (Lipinski definition) is 1. The summed E-state index contributed by atoms with van der Waals surface area (Å²) in [6, 6.07) is 6.62. The van der Waals surface area contributed by atoms with E-state index in [0.717, 1.165) is 55.5 Å². The van der Waals surface area contributed by atoms with Gasteiger partial charge in [0.1, 0.15) is 19.8 Å². The van der Waals surface area contributed by atoms with Gasteiger partial charge in [-0.3, -0.25) is 18.6 Å². The lowest BCUT2D eigenvalue weighted by atomic mass is 10.0. The van der Waals surface area contributed by atoms with Crippen LogP contribution in [0, 0.1) is 0 Å². The van der Waals surface area contributed by atoms with E-state index < -0.39 is 44.5 Å². The monoisotopic (exact) mass is 850 g/mol. The Balaban J connectivity index is 1.64. The molecule has 0 fully saturated rings. The predicted molar refractivity (Wildman–Crippen MR) is 220 cm³/mol. The molecule has 2 rings (SSSR count). The van der Waals surface area contributed by atoms with E-state index in [1.165, 1.54) is 57.8 Å². The second-order valence-electron chi connectivity index (χ2n) is 16.3. The summed E-state index contributed by atoms with van der Waals surface area (Å²) >= 11 is 0. The van der Waals surface area contributed by atoms with E-state index in [4.69, 9.17) is 23.3 Å². The number of esters is 2. The summed E-state index contributed by atoms with van der Waals surface area (Å²) in [5.74, 6) is -1.85. The van der Waals surface area contributed by atoms with E-state index in [2.05, 4.69) is 12.0 Å². The predicted octanol–water partition coefficient (Wildman–Crippen LogP) is 10.6. The van der Waals surface area contributed by atoms with Crippen LogP contribution in [-0.2, 0) is 37.4 Å². The summed E-state index contributed by atoms with van der Waals surface area (Å²) in [5.41, 5.74) is 1.20. The van der Waals surface area contributed by atoms with Gasteiger partial charge < -0.3 is 23.6 Å². The molecule has 0 spiro atoms. The number of amidine groups is 1. The maximum atomic E-state index is 12.7. The molecule has 0 radical (unpaired) electrons. The van der Waals surface area contributed by atoms with Crippen LogP contribution in [0.15, 0.2) is 29.4 Å². The Kier molecular flexibility index (Phi) is 25.0. The van der Waals surface area contributed by atoms with Gasteiger partial charge in [-0.15, -0.1) is 5.10 Å². The second-order valence-corrected chi connectivity index (χ2v) is 17.7. The summed E-state index contributed by atoms with van der Waals surface area (Å²) in [4.78, 5) is 35.4. The Bertz CT molecular complexity index is 1380. The van der Waals surface area contributed by atoms with Crippen molar-refractivity contribution in [3.8, 4) is 0 Å². The largest absolute Gasteiger partial charge is 0.472 e. The van der Waals surface area contributed by atoms with Crippen LogP contribution in [0.5, 0.6) is 0 Å². The smallest absolute Gasteiger partial charge is 0.462 e. The van der Waals surface area contributed by atoms with E-state index in [9.17, 15) is 32.2 Å². The molecule has 1 N–H and O–H groups in total. The first kappa shape index (κ1) is 51.6. The molecule has 16 heteroatoms. The van der Waals surface area contributed by atoms with Gasteiger partial charge in [-0.1, -0.05) is 115 Å². The number of phosphoric acid groups is 1. The van der Waals surface area contributed by atoms with Crippen molar-refractivity contribution in [2.45, 2.75) is 161 Å². The highest BCUT2D eigenvalue weighted by atomic mass is 31.2. The Morgan fingerprint density at radius 2 is 1.28 bits per heavy atom. The molecule has 0 bridgehead atoms. The number of alkyl halides is 3. The second kappa shape index (κ2) is 28.1. The highest BCUT2D eigenvalue weighted by molar-refractivity contribution is 7.47. The van der Waals surface area contributed by atoms with Gasteiger partial charge in [0.2, 0.25) is 0 Å². The SMILES string of the molecule is CCCCCCCCCCCCCCCC(=O)OCC(COP(=O)(O)OCC[N+](C)(C)C)OC(=O)CCCCCCCOC(C)c1ccc(N2N=C2C(F)(F)F)cc1. The molecule has 0 saturated heterocycles. The molecule has 334 valence electrons. The first-order valence-corrected chi connectivity index (χ1v) is 22.9. The Morgan fingerprint density at radius 1 is 0.759 bits per heavy atom. The molecular weight excluding hydrogens is 778 g/mol. The zero-order valence-corrected chi connectivity index (χ0v) is 36.7. The lowest BCUT2D eigenvalue weighted by Gasteiger charge is -2.24.